The SMILES string of the molecule is C=CCCCCCC(O)C1CCc2ccccc21. The quantitative estimate of drug-likeness (QED) is 0.562. The van der Waals surface area contributed by atoms with Gasteiger partial charge in [-0.3, -0.25) is 0 Å². The molecule has 0 saturated carbocycles. The summed E-state index contributed by atoms with van der Waals surface area (Å²) in [5.74, 6) is 0.376. The first-order valence-corrected chi connectivity index (χ1v) is 7.19. The third-order valence-corrected chi connectivity index (χ3v) is 4.05. The summed E-state index contributed by atoms with van der Waals surface area (Å²) in [6.45, 7) is 3.73. The molecule has 0 radical (unpaired) electrons. The van der Waals surface area contributed by atoms with Crippen molar-refractivity contribution >= 4 is 0 Å². The van der Waals surface area contributed by atoms with E-state index in [0.717, 1.165) is 32.1 Å². The summed E-state index contributed by atoms with van der Waals surface area (Å²) in [4.78, 5) is 0. The third-order valence-electron chi connectivity index (χ3n) is 4.05. The highest BCUT2D eigenvalue weighted by atomic mass is 16.3. The van der Waals surface area contributed by atoms with Crippen molar-refractivity contribution in [3.05, 3.63) is 48.0 Å². The fourth-order valence-electron chi connectivity index (χ4n) is 3.01. The van der Waals surface area contributed by atoms with E-state index in [4.69, 9.17) is 0 Å². The molecule has 0 saturated heterocycles. The van der Waals surface area contributed by atoms with Crippen molar-refractivity contribution in [2.45, 2.75) is 57.0 Å². The second-order valence-corrected chi connectivity index (χ2v) is 5.34. The maximum atomic E-state index is 10.3. The van der Waals surface area contributed by atoms with E-state index in [1.807, 2.05) is 6.08 Å². The van der Waals surface area contributed by atoms with Crippen molar-refractivity contribution in [2.24, 2.45) is 0 Å². The van der Waals surface area contributed by atoms with Crippen LogP contribution in [0, 0.1) is 0 Å². The van der Waals surface area contributed by atoms with Crippen molar-refractivity contribution in [1.82, 2.24) is 0 Å². The molecule has 0 heterocycles. The number of aliphatic hydroxyl groups excluding tert-OH is 1. The zero-order valence-electron chi connectivity index (χ0n) is 11.1. The van der Waals surface area contributed by atoms with Crippen LogP contribution >= 0.6 is 0 Å². The van der Waals surface area contributed by atoms with Gasteiger partial charge in [0.15, 0.2) is 0 Å². The molecule has 2 unspecified atom stereocenters. The topological polar surface area (TPSA) is 20.2 Å². The van der Waals surface area contributed by atoms with Crippen LogP contribution in [0.5, 0.6) is 0 Å². The molecule has 0 spiro atoms. The largest absolute Gasteiger partial charge is 0.392 e. The Balaban J connectivity index is 1.80. The lowest BCUT2D eigenvalue weighted by atomic mass is 9.92. The highest BCUT2D eigenvalue weighted by molar-refractivity contribution is 5.35. The van der Waals surface area contributed by atoms with Crippen LogP contribution in [0.15, 0.2) is 36.9 Å². The Bertz CT molecular complexity index is 383. The average Bonchev–Trinajstić information content (AvgIpc) is 2.82. The lowest BCUT2D eigenvalue weighted by Gasteiger charge is -2.19. The minimum atomic E-state index is -0.155. The molecular formula is C17H24O. The Morgan fingerprint density at radius 3 is 2.94 bits per heavy atom. The summed E-state index contributed by atoms with van der Waals surface area (Å²) in [5, 5.41) is 10.3. The van der Waals surface area contributed by atoms with Crippen LogP contribution in [0.4, 0.5) is 0 Å². The number of benzene rings is 1. The number of hydrogen-bond acceptors (Lipinski definition) is 1. The van der Waals surface area contributed by atoms with E-state index in [2.05, 4.69) is 30.8 Å². The van der Waals surface area contributed by atoms with Gasteiger partial charge in [-0.1, -0.05) is 43.2 Å². The summed E-state index contributed by atoms with van der Waals surface area (Å²) in [7, 11) is 0. The Kier molecular flexibility index (Phi) is 5.00. The van der Waals surface area contributed by atoms with Crippen molar-refractivity contribution < 1.29 is 5.11 Å². The van der Waals surface area contributed by atoms with E-state index >= 15 is 0 Å². The molecule has 1 aromatic rings. The van der Waals surface area contributed by atoms with Crippen molar-refractivity contribution in [1.29, 1.82) is 0 Å². The Morgan fingerprint density at radius 2 is 2.11 bits per heavy atom. The van der Waals surface area contributed by atoms with E-state index in [0.29, 0.717) is 5.92 Å². The minimum absolute atomic E-state index is 0.155. The Hall–Kier alpha value is -1.08. The highest BCUT2D eigenvalue weighted by Gasteiger charge is 2.27. The molecule has 0 aliphatic heterocycles. The minimum Gasteiger partial charge on any atom is -0.392 e. The summed E-state index contributed by atoms with van der Waals surface area (Å²) in [5.41, 5.74) is 2.82. The lowest BCUT2D eigenvalue weighted by molar-refractivity contribution is 0.130. The second kappa shape index (κ2) is 6.75. The van der Waals surface area contributed by atoms with Crippen LogP contribution in [-0.2, 0) is 6.42 Å². The molecule has 0 aromatic heterocycles. The fraction of sp³-hybridized carbons (Fsp3) is 0.529. The summed E-state index contributed by atoms with van der Waals surface area (Å²) in [6, 6.07) is 8.58. The van der Waals surface area contributed by atoms with Crippen LogP contribution in [-0.4, -0.2) is 11.2 Å². The Morgan fingerprint density at radius 1 is 1.28 bits per heavy atom. The van der Waals surface area contributed by atoms with E-state index < -0.39 is 0 Å². The summed E-state index contributed by atoms with van der Waals surface area (Å²) < 4.78 is 0. The first-order valence-electron chi connectivity index (χ1n) is 7.19. The van der Waals surface area contributed by atoms with Gasteiger partial charge in [-0.2, -0.15) is 0 Å². The van der Waals surface area contributed by atoms with Gasteiger partial charge in [0, 0.05) is 5.92 Å². The van der Waals surface area contributed by atoms with Gasteiger partial charge in [0.2, 0.25) is 0 Å². The predicted octanol–water partition coefficient (Wildman–Crippen LogP) is 4.21. The molecule has 1 aromatic carbocycles. The first-order chi connectivity index (χ1) is 8.83. The molecule has 0 fully saturated rings. The maximum Gasteiger partial charge on any atom is 0.0608 e. The van der Waals surface area contributed by atoms with Crippen LogP contribution in [0.25, 0.3) is 0 Å². The fourth-order valence-corrected chi connectivity index (χ4v) is 3.01. The second-order valence-electron chi connectivity index (χ2n) is 5.34. The number of fused-ring (bicyclic) bond motifs is 1. The number of aryl methyl sites for hydroxylation is 1. The van der Waals surface area contributed by atoms with Gasteiger partial charge in [-0.15, -0.1) is 6.58 Å². The number of aliphatic hydroxyl groups is 1. The van der Waals surface area contributed by atoms with Gasteiger partial charge in [0.05, 0.1) is 6.10 Å². The van der Waals surface area contributed by atoms with Gasteiger partial charge in [-0.05, 0) is 43.2 Å². The van der Waals surface area contributed by atoms with E-state index in [-0.39, 0.29) is 6.10 Å². The molecule has 1 heteroatoms. The standard InChI is InChI=1S/C17H24O/c1-2-3-4-5-6-11-17(18)16-13-12-14-9-7-8-10-15(14)16/h2,7-10,16-18H,1,3-6,11-13H2. The van der Waals surface area contributed by atoms with E-state index in [9.17, 15) is 5.11 Å². The number of allylic oxidation sites excluding steroid dienone is 1. The Labute approximate surface area is 111 Å². The molecule has 0 bridgehead atoms. The smallest absolute Gasteiger partial charge is 0.0608 e. The van der Waals surface area contributed by atoms with Gasteiger partial charge in [-0.25, -0.2) is 0 Å². The molecular weight excluding hydrogens is 220 g/mol. The van der Waals surface area contributed by atoms with Gasteiger partial charge < -0.3 is 5.11 Å². The highest BCUT2D eigenvalue weighted by Crippen LogP contribution is 2.36. The van der Waals surface area contributed by atoms with E-state index in [1.165, 1.54) is 24.0 Å². The number of hydrogen-bond donors (Lipinski definition) is 1. The van der Waals surface area contributed by atoms with Crippen molar-refractivity contribution in [3.8, 4) is 0 Å². The zero-order chi connectivity index (χ0) is 12.8. The summed E-state index contributed by atoms with van der Waals surface area (Å²) >= 11 is 0. The average molecular weight is 244 g/mol. The normalized spacial score (nSPS) is 19.5. The van der Waals surface area contributed by atoms with Crippen LogP contribution in [0.1, 0.15) is 55.6 Å². The van der Waals surface area contributed by atoms with Crippen LogP contribution in [0.3, 0.4) is 0 Å². The molecule has 2 atom stereocenters. The van der Waals surface area contributed by atoms with Gasteiger partial charge >= 0.3 is 0 Å². The van der Waals surface area contributed by atoms with Crippen LogP contribution < -0.4 is 0 Å². The van der Waals surface area contributed by atoms with E-state index in [1.54, 1.807) is 0 Å². The van der Waals surface area contributed by atoms with Gasteiger partial charge in [0.25, 0.3) is 0 Å². The third kappa shape index (κ3) is 3.23. The van der Waals surface area contributed by atoms with Crippen molar-refractivity contribution in [3.63, 3.8) is 0 Å². The molecule has 18 heavy (non-hydrogen) atoms. The van der Waals surface area contributed by atoms with Crippen LogP contribution in [0.2, 0.25) is 0 Å². The molecule has 1 aliphatic rings. The zero-order valence-corrected chi connectivity index (χ0v) is 11.1. The molecule has 2 rings (SSSR count). The lowest BCUT2D eigenvalue weighted by Crippen LogP contribution is -2.16. The molecule has 1 aliphatic carbocycles. The molecule has 98 valence electrons. The van der Waals surface area contributed by atoms with Gasteiger partial charge in [0.1, 0.15) is 0 Å². The predicted molar refractivity (Wildman–Crippen MR) is 76.8 cm³/mol. The molecule has 1 nitrogen and oxygen atoms in total. The first kappa shape index (κ1) is 13.4. The monoisotopic (exact) mass is 244 g/mol. The summed E-state index contributed by atoms with van der Waals surface area (Å²) in [6.07, 6.45) is 9.66. The molecule has 1 N–H and O–H groups in total. The maximum absolute atomic E-state index is 10.3. The van der Waals surface area contributed by atoms with Crippen molar-refractivity contribution in [2.75, 3.05) is 0 Å². The molecule has 0 amide bonds. The number of rotatable bonds is 7. The number of unbranched alkanes of at least 4 members (excludes halogenated alkanes) is 3.